The van der Waals surface area contributed by atoms with Crippen LogP contribution in [-0.4, -0.2) is 23.2 Å². The van der Waals surface area contributed by atoms with E-state index in [1.807, 2.05) is 0 Å². The lowest BCUT2D eigenvalue weighted by atomic mass is 11.7. The molecule has 0 aliphatic rings. The number of hydrogen-bond acceptors (Lipinski definition) is 8. The molecule has 0 fully saturated rings. The van der Waals surface area contributed by atoms with Crippen molar-refractivity contribution < 1.29 is 0 Å². The molecule has 4 nitrogen and oxygen atoms in total. The quantitative estimate of drug-likeness (QED) is 0.334. The van der Waals surface area contributed by atoms with Crippen molar-refractivity contribution >= 4 is 71.1 Å². The van der Waals surface area contributed by atoms with Crippen molar-refractivity contribution in [1.29, 1.82) is 5.26 Å². The number of nitriles is 1. The first-order chi connectivity index (χ1) is 6.24. The number of nitrogens with zero attached hydrogens (tertiary/aromatic N) is 4. The maximum atomic E-state index is 8.46. The third kappa shape index (κ3) is 4.29. The molecule has 0 amide bonds. The Bertz CT molecular complexity index is 323. The van der Waals surface area contributed by atoms with E-state index >= 15 is 0 Å². The molecule has 0 saturated heterocycles. The van der Waals surface area contributed by atoms with Crippen LogP contribution in [0.1, 0.15) is 0 Å². The maximum absolute atomic E-state index is 8.46. The molecule has 0 radical (unpaired) electrons. The van der Waals surface area contributed by atoms with Crippen LogP contribution < -0.4 is 0 Å². The van der Waals surface area contributed by atoms with Crippen molar-refractivity contribution in [3.8, 4) is 5.40 Å². The molecule has 0 heterocycles. The molecule has 0 aliphatic heterocycles. The van der Waals surface area contributed by atoms with Crippen LogP contribution in [-0.2, 0) is 0 Å². The van der Waals surface area contributed by atoms with Gasteiger partial charge in [0.15, 0.2) is 0 Å². The summed E-state index contributed by atoms with van der Waals surface area (Å²) in [6, 6.07) is 0. The molecule has 0 aliphatic carbocycles. The molecule has 0 N–H and O–H groups in total. The second kappa shape index (κ2) is 6.92. The Balaban J connectivity index is 5.28. The molecular weight excluding hydrogens is 260 g/mol. The molecule has 0 spiro atoms. The summed E-state index contributed by atoms with van der Waals surface area (Å²) in [5.74, 6) is 0. The lowest BCUT2D eigenvalue weighted by Gasteiger charge is -2.03. The van der Waals surface area contributed by atoms with E-state index < -0.39 is 7.71 Å². The predicted octanol–water partition coefficient (Wildman–Crippen LogP) is 1.94. The first kappa shape index (κ1) is 12.5. The smallest absolute Gasteiger partial charge is 0.211 e. The molecule has 0 aromatic heterocycles. The number of hydrogen-bond donors (Lipinski definition) is 0. The first-order valence-electron chi connectivity index (χ1n) is 2.59. The largest absolute Gasteiger partial charge is 0.544 e. The highest BCUT2D eigenvalue weighted by atomic mass is 32.4. The average Bonchev–Trinajstić information content (AvgIpc) is 2.06. The number of thiocyanates is 1. The van der Waals surface area contributed by atoms with Gasteiger partial charge in [-0.1, -0.05) is 0 Å². The van der Waals surface area contributed by atoms with Crippen LogP contribution in [0.5, 0.6) is 0 Å². The second-order valence-corrected chi connectivity index (χ2v) is 6.38. The molecule has 0 saturated carbocycles. The van der Waals surface area contributed by atoms with Gasteiger partial charge in [-0.05, 0) is 36.7 Å². The fourth-order valence-corrected chi connectivity index (χ4v) is 4.00. The van der Waals surface area contributed by atoms with Gasteiger partial charge in [0.05, 0.1) is 15.5 Å². The maximum Gasteiger partial charge on any atom is 0.544 e. The molecule has 0 rings (SSSR count). The number of rotatable bonds is 4. The zero-order valence-electron chi connectivity index (χ0n) is 5.92. The third-order valence-corrected chi connectivity index (χ3v) is 5.01. The highest BCUT2D eigenvalue weighted by molar-refractivity contribution is 8.31. The van der Waals surface area contributed by atoms with E-state index in [4.69, 9.17) is 5.26 Å². The Labute approximate surface area is 95.4 Å². The predicted molar refractivity (Wildman–Crippen MR) is 64.0 cm³/mol. The molecule has 9 heteroatoms. The van der Waals surface area contributed by atoms with Gasteiger partial charge in [-0.3, -0.25) is 0 Å². The minimum atomic E-state index is -3.01. The van der Waals surface area contributed by atoms with E-state index in [2.05, 4.69) is 66.1 Å². The second-order valence-electron chi connectivity index (χ2n) is 1.38. The van der Waals surface area contributed by atoms with E-state index in [0.29, 0.717) is 0 Å². The van der Waals surface area contributed by atoms with Crippen molar-refractivity contribution in [2.24, 2.45) is 14.0 Å². The van der Waals surface area contributed by atoms with E-state index in [1.54, 1.807) is 5.40 Å². The van der Waals surface area contributed by atoms with E-state index in [-0.39, 0.29) is 0 Å². The van der Waals surface area contributed by atoms with E-state index in [9.17, 15) is 0 Å². The van der Waals surface area contributed by atoms with Gasteiger partial charge in [0.2, 0.25) is 0 Å². The van der Waals surface area contributed by atoms with Gasteiger partial charge in [-0.15, -0.1) is 0 Å². The monoisotopic (exact) mass is 260 g/mol. The summed E-state index contributed by atoms with van der Waals surface area (Å²) >= 11 is 13.9. The van der Waals surface area contributed by atoms with Crippen LogP contribution in [0.2, 0.25) is 0 Å². The van der Waals surface area contributed by atoms with Crippen molar-refractivity contribution in [3.05, 3.63) is 0 Å². The summed E-state index contributed by atoms with van der Waals surface area (Å²) in [4.78, 5) is 0. The fourth-order valence-electron chi connectivity index (χ4n) is 0.383. The molecule has 0 aromatic carbocycles. The molecule has 0 bridgehead atoms. The number of isothiocyanates is 3. The van der Waals surface area contributed by atoms with Gasteiger partial charge < -0.3 is 0 Å². The lowest BCUT2D eigenvalue weighted by molar-refractivity contribution is 1.53. The minimum absolute atomic E-state index is 0.755. The lowest BCUT2D eigenvalue weighted by Crippen LogP contribution is -2.22. The Hall–Kier alpha value is -0.543. The molecule has 0 atom stereocenters. The van der Waals surface area contributed by atoms with Crippen LogP contribution >= 0.6 is 47.9 Å². The summed E-state index contributed by atoms with van der Waals surface area (Å²) in [5.41, 5.74) is 0. The summed E-state index contributed by atoms with van der Waals surface area (Å²) in [5, 5.41) is 16.6. The normalized spacial score (nSPS) is 11.9. The van der Waals surface area contributed by atoms with Crippen molar-refractivity contribution in [3.63, 3.8) is 0 Å². The fraction of sp³-hybridized carbons (Fsp3) is 0. The molecular formula is C4N4S4Si. The summed E-state index contributed by atoms with van der Waals surface area (Å²) in [7, 11) is -3.01. The zero-order chi connectivity index (χ0) is 10.2. The summed E-state index contributed by atoms with van der Waals surface area (Å²) in [6.07, 6.45) is 0. The van der Waals surface area contributed by atoms with E-state index in [0.717, 1.165) is 11.2 Å². The third-order valence-electron chi connectivity index (χ3n) is 0.756. The van der Waals surface area contributed by atoms with Crippen LogP contribution in [0, 0.1) is 10.7 Å². The summed E-state index contributed by atoms with van der Waals surface area (Å²) in [6.45, 7) is 0. The minimum Gasteiger partial charge on any atom is -0.211 e. The van der Waals surface area contributed by atoms with Crippen LogP contribution in [0.4, 0.5) is 0 Å². The average molecular weight is 260 g/mol. The van der Waals surface area contributed by atoms with Crippen molar-refractivity contribution in [2.75, 3.05) is 0 Å². The van der Waals surface area contributed by atoms with Gasteiger partial charge in [-0.2, -0.15) is 5.26 Å². The van der Waals surface area contributed by atoms with Crippen LogP contribution in [0.3, 0.4) is 0 Å². The van der Waals surface area contributed by atoms with Crippen LogP contribution in [0.25, 0.3) is 0 Å². The van der Waals surface area contributed by atoms with Gasteiger partial charge >= 0.3 is 7.71 Å². The first-order valence-corrected chi connectivity index (χ1v) is 7.19. The Morgan fingerprint density at radius 3 is 1.62 bits per heavy atom. The van der Waals surface area contributed by atoms with Crippen molar-refractivity contribution in [2.45, 2.75) is 0 Å². The van der Waals surface area contributed by atoms with Gasteiger partial charge in [0.1, 0.15) is 5.40 Å². The Kier molecular flexibility index (Phi) is 6.63. The molecule has 13 heavy (non-hydrogen) atoms. The highest BCUT2D eigenvalue weighted by Crippen LogP contribution is 2.22. The number of thiocarbonyl (C=S) groups is 3. The SMILES string of the molecule is N#CS[Si](N=C=S)(N=C=S)N=C=S. The van der Waals surface area contributed by atoms with Gasteiger partial charge in [-0.25, -0.2) is 14.0 Å². The highest BCUT2D eigenvalue weighted by Gasteiger charge is 2.36. The topological polar surface area (TPSA) is 60.9 Å². The zero-order valence-corrected chi connectivity index (χ0v) is 10.2. The standard InChI is InChI=1S/C4N4S4Si/c5-1-12-13(6-2-9,7-3-10)8-4-11. The van der Waals surface area contributed by atoms with Gasteiger partial charge in [0.25, 0.3) is 0 Å². The Morgan fingerprint density at radius 2 is 1.38 bits per heavy atom. The molecule has 0 aromatic rings. The van der Waals surface area contributed by atoms with Gasteiger partial charge in [0, 0.05) is 11.2 Å². The summed E-state index contributed by atoms with van der Waals surface area (Å²) < 4.78 is 11.0. The van der Waals surface area contributed by atoms with Crippen molar-refractivity contribution in [1.82, 2.24) is 0 Å². The molecule has 0 unspecified atom stereocenters. The molecule has 64 valence electrons. The van der Waals surface area contributed by atoms with E-state index in [1.165, 1.54) is 0 Å². The Morgan fingerprint density at radius 1 is 1.00 bits per heavy atom. The van der Waals surface area contributed by atoms with Crippen LogP contribution in [0.15, 0.2) is 14.0 Å².